The number of nitrogens with one attached hydrogen (secondary N) is 2. The molecule has 0 aliphatic carbocycles. The van der Waals surface area contributed by atoms with Gasteiger partial charge < -0.3 is 16.4 Å². The first-order valence-corrected chi connectivity index (χ1v) is 7.35. The number of hydrogen-bond donors (Lipinski definition) is 3. The zero-order chi connectivity index (χ0) is 15.9. The van der Waals surface area contributed by atoms with Gasteiger partial charge in [-0.25, -0.2) is 4.79 Å². The van der Waals surface area contributed by atoms with E-state index < -0.39 is 12.1 Å². The van der Waals surface area contributed by atoms with Crippen LogP contribution in [-0.2, 0) is 4.79 Å². The topological polar surface area (TPSA) is 97.1 Å². The third-order valence-electron chi connectivity index (χ3n) is 2.92. The Bertz CT molecular complexity index is 664. The average molecular weight is 363 g/mol. The van der Waals surface area contributed by atoms with Gasteiger partial charge in [0.2, 0.25) is 5.91 Å². The Balaban J connectivity index is 2.09. The highest BCUT2D eigenvalue weighted by Crippen LogP contribution is 2.21. The molecule has 4 N–H and O–H groups in total. The van der Waals surface area contributed by atoms with Crippen LogP contribution in [0.2, 0.25) is 0 Å². The van der Waals surface area contributed by atoms with Crippen LogP contribution in [0, 0.1) is 0 Å². The summed E-state index contributed by atoms with van der Waals surface area (Å²) in [5, 5.41) is 5.33. The Morgan fingerprint density at radius 3 is 2.59 bits per heavy atom. The highest BCUT2D eigenvalue weighted by Gasteiger charge is 2.17. The maximum atomic E-state index is 12.1. The summed E-state index contributed by atoms with van der Waals surface area (Å²) in [5.74, 6) is -0.232. The van der Waals surface area contributed by atoms with Crippen LogP contribution in [0.5, 0.6) is 0 Å². The molecule has 1 atom stereocenters. The van der Waals surface area contributed by atoms with Gasteiger partial charge in [-0.3, -0.25) is 9.78 Å². The standard InChI is InChI=1S/C15H15BrN4O2/c16-11-3-1-2-10(8-11)13(20-15(17)22)9-14(21)19-12-4-6-18-7-5-12/h1-8,13H,9H2,(H3,17,20,22)(H,18,19,21)/t13-/m1/s1. The van der Waals surface area contributed by atoms with Crippen molar-refractivity contribution < 1.29 is 9.59 Å². The number of amides is 3. The second-order valence-corrected chi connectivity index (χ2v) is 5.52. The lowest BCUT2D eigenvalue weighted by molar-refractivity contribution is -0.116. The van der Waals surface area contributed by atoms with Crippen molar-refractivity contribution in [2.45, 2.75) is 12.5 Å². The Morgan fingerprint density at radius 1 is 1.23 bits per heavy atom. The van der Waals surface area contributed by atoms with E-state index in [-0.39, 0.29) is 12.3 Å². The van der Waals surface area contributed by atoms with E-state index >= 15 is 0 Å². The largest absolute Gasteiger partial charge is 0.352 e. The Morgan fingerprint density at radius 2 is 1.95 bits per heavy atom. The van der Waals surface area contributed by atoms with Crippen molar-refractivity contribution in [3.05, 3.63) is 58.8 Å². The third kappa shape index (κ3) is 4.85. The molecule has 0 unspecified atom stereocenters. The smallest absolute Gasteiger partial charge is 0.312 e. The van der Waals surface area contributed by atoms with Crippen LogP contribution in [0.4, 0.5) is 10.5 Å². The van der Waals surface area contributed by atoms with E-state index in [0.717, 1.165) is 10.0 Å². The van der Waals surface area contributed by atoms with E-state index in [1.54, 1.807) is 24.5 Å². The van der Waals surface area contributed by atoms with Gasteiger partial charge in [0, 0.05) is 22.6 Å². The predicted octanol–water partition coefficient (Wildman–Crippen LogP) is 2.58. The zero-order valence-electron chi connectivity index (χ0n) is 11.6. The lowest BCUT2D eigenvalue weighted by Crippen LogP contribution is -2.35. The van der Waals surface area contributed by atoms with Crippen molar-refractivity contribution in [2.75, 3.05) is 5.32 Å². The number of rotatable bonds is 5. The van der Waals surface area contributed by atoms with Crippen molar-refractivity contribution in [3.63, 3.8) is 0 Å². The second-order valence-electron chi connectivity index (χ2n) is 4.60. The van der Waals surface area contributed by atoms with Crippen molar-refractivity contribution in [2.24, 2.45) is 5.73 Å². The lowest BCUT2D eigenvalue weighted by atomic mass is 10.0. The average Bonchev–Trinajstić information content (AvgIpc) is 2.47. The number of nitrogens with zero attached hydrogens (tertiary/aromatic N) is 1. The number of carbonyl (C=O) groups excluding carboxylic acids is 2. The number of halogens is 1. The van der Waals surface area contributed by atoms with E-state index in [2.05, 4.69) is 31.5 Å². The fourth-order valence-corrected chi connectivity index (χ4v) is 2.40. The molecule has 3 amide bonds. The van der Waals surface area contributed by atoms with E-state index in [0.29, 0.717) is 5.69 Å². The molecule has 0 saturated carbocycles. The van der Waals surface area contributed by atoms with Crippen LogP contribution in [0.1, 0.15) is 18.0 Å². The predicted molar refractivity (Wildman–Crippen MR) is 87.1 cm³/mol. The minimum absolute atomic E-state index is 0.0711. The van der Waals surface area contributed by atoms with Crippen LogP contribution in [-0.4, -0.2) is 16.9 Å². The molecule has 0 saturated heterocycles. The normalized spacial score (nSPS) is 11.5. The van der Waals surface area contributed by atoms with Crippen LogP contribution < -0.4 is 16.4 Å². The molecule has 22 heavy (non-hydrogen) atoms. The van der Waals surface area contributed by atoms with Gasteiger partial charge >= 0.3 is 6.03 Å². The van der Waals surface area contributed by atoms with E-state index in [9.17, 15) is 9.59 Å². The first-order valence-electron chi connectivity index (χ1n) is 6.56. The second kappa shape index (κ2) is 7.56. The van der Waals surface area contributed by atoms with Gasteiger partial charge in [0.15, 0.2) is 0 Å². The molecule has 1 aromatic heterocycles. The van der Waals surface area contributed by atoms with Gasteiger partial charge in [0.05, 0.1) is 12.5 Å². The molecule has 1 aromatic carbocycles. The summed E-state index contributed by atoms with van der Waals surface area (Å²) in [6, 6.07) is 9.54. The van der Waals surface area contributed by atoms with Crippen LogP contribution >= 0.6 is 15.9 Å². The molecule has 0 aliphatic rings. The van der Waals surface area contributed by atoms with Crippen LogP contribution in [0.15, 0.2) is 53.3 Å². The first-order chi connectivity index (χ1) is 10.5. The Hall–Kier alpha value is -2.41. The molecule has 6 nitrogen and oxygen atoms in total. The van der Waals surface area contributed by atoms with Crippen molar-refractivity contribution in [1.82, 2.24) is 10.3 Å². The van der Waals surface area contributed by atoms with Crippen LogP contribution in [0.3, 0.4) is 0 Å². The highest BCUT2D eigenvalue weighted by atomic mass is 79.9. The van der Waals surface area contributed by atoms with Gasteiger partial charge in [-0.05, 0) is 29.8 Å². The molecule has 0 bridgehead atoms. The molecule has 0 radical (unpaired) electrons. The molecule has 2 rings (SSSR count). The SMILES string of the molecule is NC(=O)N[C@H](CC(=O)Nc1ccncc1)c1cccc(Br)c1. The number of nitrogens with two attached hydrogens (primary N) is 1. The molecular formula is C15H15BrN4O2. The monoisotopic (exact) mass is 362 g/mol. The molecule has 0 spiro atoms. The van der Waals surface area contributed by atoms with Gasteiger partial charge in [-0.2, -0.15) is 0 Å². The first kappa shape index (κ1) is 16.0. The minimum atomic E-state index is -0.679. The fraction of sp³-hybridized carbons (Fsp3) is 0.133. The summed E-state index contributed by atoms with van der Waals surface area (Å²) >= 11 is 3.37. The molecule has 1 heterocycles. The van der Waals surface area contributed by atoms with E-state index in [4.69, 9.17) is 5.73 Å². The quantitative estimate of drug-likeness (QED) is 0.762. The number of primary amides is 1. The third-order valence-corrected chi connectivity index (χ3v) is 3.41. The van der Waals surface area contributed by atoms with E-state index in [1.165, 1.54) is 0 Å². The Kier molecular flexibility index (Phi) is 5.48. The van der Waals surface area contributed by atoms with Crippen molar-refractivity contribution in [3.8, 4) is 0 Å². The molecule has 114 valence electrons. The fourth-order valence-electron chi connectivity index (χ4n) is 1.98. The lowest BCUT2D eigenvalue weighted by Gasteiger charge is -2.18. The van der Waals surface area contributed by atoms with Gasteiger partial charge in [0.1, 0.15) is 0 Å². The molecule has 7 heteroatoms. The molecule has 0 fully saturated rings. The number of anilines is 1. The summed E-state index contributed by atoms with van der Waals surface area (Å²) in [6.45, 7) is 0. The van der Waals surface area contributed by atoms with Gasteiger partial charge in [-0.15, -0.1) is 0 Å². The van der Waals surface area contributed by atoms with Gasteiger partial charge in [0.25, 0.3) is 0 Å². The summed E-state index contributed by atoms with van der Waals surface area (Å²) in [7, 11) is 0. The molecule has 2 aromatic rings. The highest BCUT2D eigenvalue weighted by molar-refractivity contribution is 9.10. The number of pyridine rings is 1. The van der Waals surface area contributed by atoms with Crippen molar-refractivity contribution >= 4 is 33.6 Å². The zero-order valence-corrected chi connectivity index (χ0v) is 13.2. The molecular weight excluding hydrogens is 348 g/mol. The maximum absolute atomic E-state index is 12.1. The number of carbonyl (C=O) groups is 2. The Labute approximate surface area is 136 Å². The number of aromatic nitrogens is 1. The van der Waals surface area contributed by atoms with Gasteiger partial charge in [-0.1, -0.05) is 28.1 Å². The number of hydrogen-bond acceptors (Lipinski definition) is 3. The number of urea groups is 1. The molecule has 0 aliphatic heterocycles. The minimum Gasteiger partial charge on any atom is -0.352 e. The number of benzene rings is 1. The summed E-state index contributed by atoms with van der Waals surface area (Å²) < 4.78 is 0.857. The van der Waals surface area contributed by atoms with E-state index in [1.807, 2.05) is 24.3 Å². The summed E-state index contributed by atoms with van der Waals surface area (Å²) in [5.41, 5.74) is 6.63. The van der Waals surface area contributed by atoms with Crippen LogP contribution in [0.25, 0.3) is 0 Å². The maximum Gasteiger partial charge on any atom is 0.312 e. The summed E-state index contributed by atoms with van der Waals surface area (Å²) in [4.78, 5) is 27.2. The van der Waals surface area contributed by atoms with Crippen molar-refractivity contribution in [1.29, 1.82) is 0 Å². The summed E-state index contributed by atoms with van der Waals surface area (Å²) in [6.07, 6.45) is 3.24.